The molecule has 0 spiro atoms. The average molecular weight is 459 g/mol. The van der Waals surface area contributed by atoms with Crippen molar-refractivity contribution in [1.82, 2.24) is 21.7 Å². The molecule has 0 unspecified atom stereocenters. The molecule has 2 amide bonds. The molecule has 6 N–H and O–H groups in total. The Morgan fingerprint density at radius 3 is 1.35 bits per heavy atom. The Kier molecular flexibility index (Phi) is 10.8. The first-order valence-electron chi connectivity index (χ1n) is 9.84. The van der Waals surface area contributed by atoms with Gasteiger partial charge in [0.25, 0.3) is 0 Å². The Hall–Kier alpha value is -3.24. The largest absolute Gasteiger partial charge is 0.331 e. The quantitative estimate of drug-likeness (QED) is 0.204. The Bertz CT molecular complexity index is 793. The van der Waals surface area contributed by atoms with Gasteiger partial charge < -0.3 is 10.6 Å². The van der Waals surface area contributed by atoms with Gasteiger partial charge in [-0.3, -0.25) is 31.3 Å². The number of nitrogens with one attached hydrogen (secondary N) is 6. The summed E-state index contributed by atoms with van der Waals surface area (Å²) in [6.07, 6.45) is 2.76. The molecule has 0 aromatic heterocycles. The van der Waals surface area contributed by atoms with Crippen LogP contribution in [0.5, 0.6) is 0 Å². The molecule has 2 aromatic rings. The predicted molar refractivity (Wildman–Crippen MR) is 131 cm³/mol. The maximum atomic E-state index is 11.9. The molecule has 0 atom stereocenters. The van der Waals surface area contributed by atoms with E-state index in [0.717, 1.165) is 17.8 Å². The number of amides is 2. The summed E-state index contributed by atoms with van der Waals surface area (Å²) in [5.74, 6) is -0.332. The Morgan fingerprint density at radius 2 is 0.968 bits per heavy atom. The molecule has 2 rings (SSSR count). The molecule has 164 valence electrons. The lowest BCUT2D eigenvalue weighted by molar-refractivity contribution is -0.122. The van der Waals surface area contributed by atoms with Gasteiger partial charge in [0.15, 0.2) is 10.2 Å². The fraction of sp³-hybridized carbons (Fsp3) is 0.238. The number of carbonyl (C=O) groups excluding carboxylic acids is 2. The maximum Gasteiger partial charge on any atom is 0.238 e. The summed E-state index contributed by atoms with van der Waals surface area (Å²) in [5.41, 5.74) is 12.1. The lowest BCUT2D eigenvalue weighted by Crippen LogP contribution is -2.43. The number of hydrogen-bond donors (Lipinski definition) is 6. The molecule has 0 saturated heterocycles. The second-order valence-electron chi connectivity index (χ2n) is 6.55. The molecule has 0 heterocycles. The Labute approximate surface area is 192 Å². The molecule has 0 saturated carbocycles. The standard InChI is InChI=1S/C21H26N6O2S2/c28-18(24-26-20(30)22-16-10-4-1-5-11-16)14-8-3-9-15-19(29)25-27-21(31)23-17-12-6-2-7-13-17/h1-2,4-7,10-13H,3,8-9,14-15H2,(H,24,28)(H,25,29)(H2,22,26,30)(H2,23,27,31). The minimum atomic E-state index is -0.166. The first-order valence-corrected chi connectivity index (χ1v) is 10.7. The van der Waals surface area contributed by atoms with Crippen molar-refractivity contribution in [2.24, 2.45) is 0 Å². The minimum Gasteiger partial charge on any atom is -0.331 e. The summed E-state index contributed by atoms with van der Waals surface area (Å²) >= 11 is 10.2. The highest BCUT2D eigenvalue weighted by atomic mass is 32.1. The number of unbranched alkanes of at least 4 members (excludes halogenated alkanes) is 2. The van der Waals surface area contributed by atoms with Crippen LogP contribution in [0.4, 0.5) is 11.4 Å². The average Bonchev–Trinajstić information content (AvgIpc) is 2.77. The van der Waals surface area contributed by atoms with E-state index in [4.69, 9.17) is 24.4 Å². The van der Waals surface area contributed by atoms with Crippen molar-refractivity contribution in [2.45, 2.75) is 32.1 Å². The summed E-state index contributed by atoms with van der Waals surface area (Å²) in [4.78, 5) is 23.7. The molecule has 0 aliphatic heterocycles. The molecule has 31 heavy (non-hydrogen) atoms. The molecule has 0 bridgehead atoms. The number of rotatable bonds is 8. The zero-order valence-corrected chi connectivity index (χ0v) is 18.6. The van der Waals surface area contributed by atoms with Crippen LogP contribution in [0.3, 0.4) is 0 Å². The highest BCUT2D eigenvalue weighted by Gasteiger charge is 2.05. The van der Waals surface area contributed by atoms with E-state index in [2.05, 4.69) is 32.3 Å². The van der Waals surface area contributed by atoms with Gasteiger partial charge in [0, 0.05) is 24.2 Å². The molecule has 10 heteroatoms. The van der Waals surface area contributed by atoms with Crippen molar-refractivity contribution in [3.63, 3.8) is 0 Å². The summed E-state index contributed by atoms with van der Waals surface area (Å²) in [6, 6.07) is 18.8. The van der Waals surface area contributed by atoms with Crippen LogP contribution < -0.4 is 32.3 Å². The minimum absolute atomic E-state index is 0.166. The van der Waals surface area contributed by atoms with Crippen LogP contribution in [-0.4, -0.2) is 22.0 Å². The van der Waals surface area contributed by atoms with Crippen LogP contribution >= 0.6 is 24.4 Å². The molecule has 0 aliphatic carbocycles. The summed E-state index contributed by atoms with van der Waals surface area (Å²) in [7, 11) is 0. The second kappa shape index (κ2) is 13.9. The first-order chi connectivity index (χ1) is 15.0. The third kappa shape index (κ3) is 10.9. The van der Waals surface area contributed by atoms with Crippen LogP contribution in [-0.2, 0) is 9.59 Å². The van der Waals surface area contributed by atoms with Crippen molar-refractivity contribution >= 4 is 57.8 Å². The van der Waals surface area contributed by atoms with Crippen molar-refractivity contribution in [2.75, 3.05) is 10.6 Å². The fourth-order valence-electron chi connectivity index (χ4n) is 2.49. The summed E-state index contributed by atoms with van der Waals surface area (Å²) in [6.45, 7) is 0. The van der Waals surface area contributed by atoms with E-state index in [-0.39, 0.29) is 11.8 Å². The van der Waals surface area contributed by atoms with E-state index >= 15 is 0 Å². The lowest BCUT2D eigenvalue weighted by Gasteiger charge is -2.12. The molecule has 2 aromatic carbocycles. The van der Waals surface area contributed by atoms with Crippen LogP contribution in [0.1, 0.15) is 32.1 Å². The van der Waals surface area contributed by atoms with E-state index in [1.807, 2.05) is 60.7 Å². The number of thiocarbonyl (C=S) groups is 2. The molecule has 0 aliphatic rings. The predicted octanol–water partition coefficient (Wildman–Crippen LogP) is 2.97. The summed E-state index contributed by atoms with van der Waals surface area (Å²) in [5, 5.41) is 6.54. The number of benzene rings is 2. The van der Waals surface area contributed by atoms with Crippen LogP contribution in [0.25, 0.3) is 0 Å². The normalized spacial score (nSPS) is 9.81. The first kappa shape index (κ1) is 24.0. The van der Waals surface area contributed by atoms with Crippen LogP contribution in [0.15, 0.2) is 60.7 Å². The number of carbonyl (C=O) groups is 2. The van der Waals surface area contributed by atoms with E-state index in [1.54, 1.807) is 0 Å². The van der Waals surface area contributed by atoms with E-state index in [1.165, 1.54) is 0 Å². The second-order valence-corrected chi connectivity index (χ2v) is 7.36. The number of para-hydroxylation sites is 2. The van der Waals surface area contributed by atoms with Gasteiger partial charge in [-0.15, -0.1) is 0 Å². The van der Waals surface area contributed by atoms with Gasteiger partial charge in [-0.2, -0.15) is 0 Å². The third-order valence-electron chi connectivity index (χ3n) is 4.00. The van der Waals surface area contributed by atoms with Crippen LogP contribution in [0.2, 0.25) is 0 Å². The van der Waals surface area contributed by atoms with Gasteiger partial charge >= 0.3 is 0 Å². The van der Waals surface area contributed by atoms with Gasteiger partial charge in [0.2, 0.25) is 11.8 Å². The zero-order chi connectivity index (χ0) is 22.3. The number of hydrogen-bond acceptors (Lipinski definition) is 4. The van der Waals surface area contributed by atoms with E-state index in [9.17, 15) is 9.59 Å². The smallest absolute Gasteiger partial charge is 0.238 e. The molecule has 0 fully saturated rings. The van der Waals surface area contributed by atoms with Crippen molar-refractivity contribution < 1.29 is 9.59 Å². The van der Waals surface area contributed by atoms with Crippen molar-refractivity contribution in [3.8, 4) is 0 Å². The lowest BCUT2D eigenvalue weighted by atomic mass is 10.1. The Balaban J connectivity index is 1.47. The molecule has 0 radical (unpaired) electrons. The SMILES string of the molecule is O=C(CCCCCC(=O)NNC(=S)Nc1ccccc1)NNC(=S)Nc1ccccc1. The van der Waals surface area contributed by atoms with Gasteiger partial charge in [-0.05, 0) is 61.5 Å². The van der Waals surface area contributed by atoms with E-state index < -0.39 is 0 Å². The maximum absolute atomic E-state index is 11.9. The van der Waals surface area contributed by atoms with Gasteiger partial charge in [0.05, 0.1) is 0 Å². The topological polar surface area (TPSA) is 106 Å². The molecular formula is C21H26N6O2S2. The van der Waals surface area contributed by atoms with Crippen LogP contribution in [0, 0.1) is 0 Å². The van der Waals surface area contributed by atoms with Crippen molar-refractivity contribution in [1.29, 1.82) is 0 Å². The van der Waals surface area contributed by atoms with Gasteiger partial charge in [0.1, 0.15) is 0 Å². The number of anilines is 2. The number of hydrazine groups is 2. The highest BCUT2D eigenvalue weighted by molar-refractivity contribution is 7.80. The molecule has 8 nitrogen and oxygen atoms in total. The molecular weight excluding hydrogens is 432 g/mol. The Morgan fingerprint density at radius 1 is 0.581 bits per heavy atom. The monoisotopic (exact) mass is 458 g/mol. The van der Waals surface area contributed by atoms with Gasteiger partial charge in [-0.25, -0.2) is 0 Å². The fourth-order valence-corrected chi connectivity index (χ4v) is 2.83. The third-order valence-corrected chi connectivity index (χ3v) is 4.41. The zero-order valence-electron chi connectivity index (χ0n) is 16.9. The van der Waals surface area contributed by atoms with E-state index in [0.29, 0.717) is 35.9 Å². The van der Waals surface area contributed by atoms with Gasteiger partial charge in [-0.1, -0.05) is 42.8 Å². The highest BCUT2D eigenvalue weighted by Crippen LogP contribution is 2.05. The summed E-state index contributed by atoms with van der Waals surface area (Å²) < 4.78 is 0. The van der Waals surface area contributed by atoms with Crippen molar-refractivity contribution in [3.05, 3.63) is 60.7 Å².